The van der Waals surface area contributed by atoms with Gasteiger partial charge in [0.05, 0.1) is 25.3 Å². The minimum Gasteiger partial charge on any atom is -0.495 e. The van der Waals surface area contributed by atoms with Crippen molar-refractivity contribution >= 4 is 11.6 Å². The van der Waals surface area contributed by atoms with Gasteiger partial charge in [0.15, 0.2) is 0 Å². The summed E-state index contributed by atoms with van der Waals surface area (Å²) in [6.07, 6.45) is 1.80. The number of likely N-dealkylation sites (tertiary alicyclic amines) is 1. The molecule has 30 heavy (non-hydrogen) atoms. The van der Waals surface area contributed by atoms with Gasteiger partial charge in [0.2, 0.25) is 17.6 Å². The van der Waals surface area contributed by atoms with Gasteiger partial charge in [0, 0.05) is 12.1 Å². The molecule has 1 unspecified atom stereocenters. The Morgan fingerprint density at radius 3 is 2.83 bits per heavy atom. The zero-order valence-electron chi connectivity index (χ0n) is 17.3. The largest absolute Gasteiger partial charge is 0.495 e. The minimum atomic E-state index is -0.0943. The maximum Gasteiger partial charge on any atom is 0.241 e. The van der Waals surface area contributed by atoms with Gasteiger partial charge in [-0.25, -0.2) is 0 Å². The van der Waals surface area contributed by atoms with Gasteiger partial charge in [0.25, 0.3) is 0 Å². The van der Waals surface area contributed by atoms with Crippen LogP contribution in [0.2, 0.25) is 0 Å². The number of benzene rings is 2. The summed E-state index contributed by atoms with van der Waals surface area (Å²) in [7, 11) is 1.60. The first-order valence-electron chi connectivity index (χ1n) is 10.2. The van der Waals surface area contributed by atoms with Crippen LogP contribution in [0.3, 0.4) is 0 Å². The van der Waals surface area contributed by atoms with Crippen molar-refractivity contribution in [3.05, 3.63) is 60.0 Å². The first-order valence-corrected chi connectivity index (χ1v) is 10.2. The van der Waals surface area contributed by atoms with Crippen LogP contribution < -0.4 is 10.1 Å². The summed E-state index contributed by atoms with van der Waals surface area (Å²) in [5.74, 6) is 1.73. The Morgan fingerprint density at radius 2 is 2.03 bits per heavy atom. The number of carbonyl (C=O) groups is 1. The molecule has 3 aromatic rings. The quantitative estimate of drug-likeness (QED) is 0.669. The zero-order valence-corrected chi connectivity index (χ0v) is 17.3. The predicted molar refractivity (Wildman–Crippen MR) is 114 cm³/mol. The molecule has 156 valence electrons. The van der Waals surface area contributed by atoms with E-state index in [4.69, 9.17) is 9.26 Å². The molecule has 1 aromatic heterocycles. The molecule has 2 heterocycles. The summed E-state index contributed by atoms with van der Waals surface area (Å²) in [5.41, 5.74) is 2.82. The number of ether oxygens (including phenoxy) is 1. The SMILES string of the molecule is COc1ccccc1NC(=O)C1CCCN(Cc2nc(-c3ccc(C)cc3)no2)C1. The molecule has 0 saturated carbocycles. The minimum absolute atomic E-state index is 0.00933. The zero-order chi connectivity index (χ0) is 20.9. The van der Waals surface area contributed by atoms with E-state index in [0.717, 1.165) is 24.9 Å². The van der Waals surface area contributed by atoms with Crippen molar-refractivity contribution in [3.8, 4) is 17.1 Å². The van der Waals surface area contributed by atoms with E-state index in [1.54, 1.807) is 7.11 Å². The fraction of sp³-hybridized carbons (Fsp3) is 0.348. The number of amides is 1. The number of para-hydroxylation sites is 2. The summed E-state index contributed by atoms with van der Waals surface area (Å²) in [6.45, 7) is 4.14. The van der Waals surface area contributed by atoms with Gasteiger partial charge in [-0.3, -0.25) is 9.69 Å². The molecule has 1 N–H and O–H groups in total. The van der Waals surface area contributed by atoms with E-state index in [9.17, 15) is 4.79 Å². The molecule has 1 saturated heterocycles. The smallest absolute Gasteiger partial charge is 0.241 e. The van der Waals surface area contributed by atoms with E-state index < -0.39 is 0 Å². The lowest BCUT2D eigenvalue weighted by Gasteiger charge is -2.31. The number of hydrogen-bond donors (Lipinski definition) is 1. The van der Waals surface area contributed by atoms with Crippen LogP contribution in [0.5, 0.6) is 5.75 Å². The van der Waals surface area contributed by atoms with Gasteiger partial charge < -0.3 is 14.6 Å². The number of anilines is 1. The number of nitrogens with one attached hydrogen (secondary N) is 1. The standard InChI is InChI=1S/C23H26N4O3/c1-16-9-11-17(12-10-16)22-25-21(30-26-22)15-27-13-5-6-18(14-27)23(28)24-19-7-3-4-8-20(19)29-2/h3-4,7-12,18H,5-6,13-15H2,1-2H3,(H,24,28). The number of piperidine rings is 1. The Morgan fingerprint density at radius 1 is 1.23 bits per heavy atom. The molecule has 1 aliphatic rings. The molecule has 0 spiro atoms. The highest BCUT2D eigenvalue weighted by molar-refractivity contribution is 5.94. The number of carbonyl (C=O) groups excluding carboxylic acids is 1. The van der Waals surface area contributed by atoms with Gasteiger partial charge in [-0.05, 0) is 38.4 Å². The van der Waals surface area contributed by atoms with Crippen LogP contribution in [0.1, 0.15) is 24.3 Å². The lowest BCUT2D eigenvalue weighted by molar-refractivity contribution is -0.121. The molecule has 0 bridgehead atoms. The molecule has 1 aliphatic heterocycles. The third-order valence-electron chi connectivity index (χ3n) is 5.38. The van der Waals surface area contributed by atoms with Crippen LogP contribution in [0.4, 0.5) is 5.69 Å². The average Bonchev–Trinajstić information content (AvgIpc) is 3.23. The molecule has 7 nitrogen and oxygen atoms in total. The molecule has 7 heteroatoms. The van der Waals surface area contributed by atoms with Gasteiger partial charge in [-0.1, -0.05) is 47.1 Å². The van der Waals surface area contributed by atoms with Crippen LogP contribution in [0, 0.1) is 12.8 Å². The van der Waals surface area contributed by atoms with E-state index in [-0.39, 0.29) is 11.8 Å². The Bertz CT molecular complexity index is 1000. The number of hydrogen-bond acceptors (Lipinski definition) is 6. The average molecular weight is 406 g/mol. The van der Waals surface area contributed by atoms with Crippen LogP contribution >= 0.6 is 0 Å². The molecule has 0 radical (unpaired) electrons. The van der Waals surface area contributed by atoms with Gasteiger partial charge >= 0.3 is 0 Å². The number of aromatic nitrogens is 2. The lowest BCUT2D eigenvalue weighted by Crippen LogP contribution is -2.40. The molecular formula is C23H26N4O3. The van der Waals surface area contributed by atoms with Crippen LogP contribution in [-0.4, -0.2) is 41.1 Å². The molecule has 2 aromatic carbocycles. The van der Waals surface area contributed by atoms with E-state index in [1.165, 1.54) is 5.56 Å². The maximum absolute atomic E-state index is 12.8. The maximum atomic E-state index is 12.8. The number of nitrogens with zero attached hydrogens (tertiary/aromatic N) is 3. The van der Waals surface area contributed by atoms with Crippen LogP contribution in [-0.2, 0) is 11.3 Å². The topological polar surface area (TPSA) is 80.5 Å². The molecule has 1 amide bonds. The van der Waals surface area contributed by atoms with Crippen molar-refractivity contribution < 1.29 is 14.1 Å². The second kappa shape index (κ2) is 9.09. The van der Waals surface area contributed by atoms with E-state index in [0.29, 0.717) is 36.2 Å². The highest BCUT2D eigenvalue weighted by Gasteiger charge is 2.27. The summed E-state index contributed by atoms with van der Waals surface area (Å²) >= 11 is 0. The van der Waals surface area contributed by atoms with Crippen molar-refractivity contribution in [3.63, 3.8) is 0 Å². The predicted octanol–water partition coefficient (Wildman–Crippen LogP) is 3.90. The number of methoxy groups -OCH3 is 1. The first kappa shape index (κ1) is 20.1. The third-order valence-corrected chi connectivity index (χ3v) is 5.38. The molecular weight excluding hydrogens is 380 g/mol. The molecule has 1 fully saturated rings. The lowest BCUT2D eigenvalue weighted by atomic mass is 9.97. The first-order chi connectivity index (χ1) is 14.6. The van der Waals surface area contributed by atoms with Gasteiger partial charge in [0.1, 0.15) is 5.75 Å². The van der Waals surface area contributed by atoms with Crippen molar-refractivity contribution in [2.75, 3.05) is 25.5 Å². The second-order valence-corrected chi connectivity index (χ2v) is 7.64. The van der Waals surface area contributed by atoms with E-state index in [2.05, 4.69) is 20.4 Å². The van der Waals surface area contributed by atoms with Crippen molar-refractivity contribution in [2.24, 2.45) is 5.92 Å². The summed E-state index contributed by atoms with van der Waals surface area (Å²) < 4.78 is 10.8. The molecule has 1 atom stereocenters. The summed E-state index contributed by atoms with van der Waals surface area (Å²) in [5, 5.41) is 7.11. The van der Waals surface area contributed by atoms with Crippen LogP contribution in [0.15, 0.2) is 53.1 Å². The van der Waals surface area contributed by atoms with Crippen molar-refractivity contribution in [2.45, 2.75) is 26.3 Å². The molecule has 0 aliphatic carbocycles. The summed E-state index contributed by atoms with van der Waals surface area (Å²) in [6, 6.07) is 15.5. The van der Waals surface area contributed by atoms with Crippen LogP contribution in [0.25, 0.3) is 11.4 Å². The highest BCUT2D eigenvalue weighted by atomic mass is 16.5. The van der Waals surface area contributed by atoms with Crippen molar-refractivity contribution in [1.82, 2.24) is 15.0 Å². The summed E-state index contributed by atoms with van der Waals surface area (Å²) in [4.78, 5) is 19.5. The monoisotopic (exact) mass is 406 g/mol. The Hall–Kier alpha value is -3.19. The fourth-order valence-electron chi connectivity index (χ4n) is 3.73. The highest BCUT2D eigenvalue weighted by Crippen LogP contribution is 2.26. The fourth-order valence-corrected chi connectivity index (χ4v) is 3.73. The Balaban J connectivity index is 1.37. The van der Waals surface area contributed by atoms with E-state index >= 15 is 0 Å². The second-order valence-electron chi connectivity index (χ2n) is 7.64. The third kappa shape index (κ3) is 4.68. The Kier molecular flexibility index (Phi) is 6.09. The normalized spacial score (nSPS) is 16.9. The van der Waals surface area contributed by atoms with Crippen molar-refractivity contribution in [1.29, 1.82) is 0 Å². The Labute approximate surface area is 176 Å². The van der Waals surface area contributed by atoms with Gasteiger partial charge in [-0.15, -0.1) is 0 Å². The molecule has 4 rings (SSSR count). The van der Waals surface area contributed by atoms with E-state index in [1.807, 2.05) is 55.5 Å². The van der Waals surface area contributed by atoms with Gasteiger partial charge in [-0.2, -0.15) is 4.98 Å². The number of rotatable bonds is 6. The number of aryl methyl sites for hydroxylation is 1.